The van der Waals surface area contributed by atoms with Crippen LogP contribution in [-0.4, -0.2) is 35.0 Å². The van der Waals surface area contributed by atoms with Gasteiger partial charge in [0.05, 0.1) is 0 Å². The number of carbonyl (C=O) groups is 2. The Kier molecular flexibility index (Phi) is 4.56. The van der Waals surface area contributed by atoms with Crippen LogP contribution in [0.3, 0.4) is 0 Å². The van der Waals surface area contributed by atoms with E-state index in [0.29, 0.717) is 25.1 Å². The molecule has 1 aromatic carbocycles. The first-order valence-corrected chi connectivity index (χ1v) is 6.80. The van der Waals surface area contributed by atoms with Crippen molar-refractivity contribution < 1.29 is 14.7 Å². The molecule has 4 nitrogen and oxygen atoms in total. The molecule has 1 fully saturated rings. The number of hydrogen-bond donors (Lipinski definition) is 1. The summed E-state index contributed by atoms with van der Waals surface area (Å²) < 4.78 is 0. The molecule has 0 aromatic heterocycles. The van der Waals surface area contributed by atoms with Gasteiger partial charge in [-0.3, -0.25) is 9.59 Å². The molecule has 2 rings (SSSR count). The van der Waals surface area contributed by atoms with Gasteiger partial charge in [-0.2, -0.15) is 0 Å². The summed E-state index contributed by atoms with van der Waals surface area (Å²) in [4.78, 5) is 25.0. The number of nitrogens with zero attached hydrogens (tertiary/aromatic N) is 1. The highest BCUT2D eigenvalue weighted by atomic mass is 16.4. The SMILES string of the molecule is C=C[C@H]1CN(C(=O)c2ccccc2)CC[C@@H]1CC(=O)O. The highest BCUT2D eigenvalue weighted by Crippen LogP contribution is 2.28. The lowest BCUT2D eigenvalue weighted by Gasteiger charge is -2.36. The smallest absolute Gasteiger partial charge is 0.303 e. The summed E-state index contributed by atoms with van der Waals surface area (Å²) in [6.07, 6.45) is 2.63. The number of rotatable bonds is 4. The lowest BCUT2D eigenvalue weighted by molar-refractivity contribution is -0.138. The highest BCUT2D eigenvalue weighted by molar-refractivity contribution is 5.94. The van der Waals surface area contributed by atoms with Crippen LogP contribution in [0.4, 0.5) is 0 Å². The summed E-state index contributed by atoms with van der Waals surface area (Å²) in [6.45, 7) is 4.94. The first-order chi connectivity index (χ1) is 9.61. The number of benzene rings is 1. The number of carboxylic acids is 1. The van der Waals surface area contributed by atoms with Crippen molar-refractivity contribution in [2.24, 2.45) is 11.8 Å². The zero-order valence-corrected chi connectivity index (χ0v) is 11.4. The van der Waals surface area contributed by atoms with Gasteiger partial charge in [0.15, 0.2) is 0 Å². The minimum absolute atomic E-state index is 0.00576. The van der Waals surface area contributed by atoms with Crippen LogP contribution in [-0.2, 0) is 4.79 Å². The number of carboxylic acid groups (broad SMARTS) is 1. The van der Waals surface area contributed by atoms with Crippen molar-refractivity contribution in [2.45, 2.75) is 12.8 Å². The zero-order valence-electron chi connectivity index (χ0n) is 11.4. The van der Waals surface area contributed by atoms with Crippen LogP contribution >= 0.6 is 0 Å². The molecule has 2 atom stereocenters. The van der Waals surface area contributed by atoms with Crippen molar-refractivity contribution in [3.63, 3.8) is 0 Å². The van der Waals surface area contributed by atoms with Gasteiger partial charge in [-0.15, -0.1) is 6.58 Å². The Morgan fingerprint density at radius 3 is 2.65 bits per heavy atom. The fourth-order valence-electron chi connectivity index (χ4n) is 2.72. The predicted molar refractivity (Wildman–Crippen MR) is 76.4 cm³/mol. The molecule has 0 aliphatic carbocycles. The fourth-order valence-corrected chi connectivity index (χ4v) is 2.72. The molecule has 0 bridgehead atoms. The van der Waals surface area contributed by atoms with E-state index in [1.165, 1.54) is 0 Å². The first-order valence-electron chi connectivity index (χ1n) is 6.80. The van der Waals surface area contributed by atoms with Gasteiger partial charge in [0, 0.05) is 25.1 Å². The lowest BCUT2D eigenvalue weighted by Crippen LogP contribution is -2.43. The Labute approximate surface area is 118 Å². The number of amides is 1. The number of carbonyl (C=O) groups excluding carboxylic acids is 1. The largest absolute Gasteiger partial charge is 0.481 e. The molecular weight excluding hydrogens is 254 g/mol. The molecule has 0 spiro atoms. The second-order valence-corrected chi connectivity index (χ2v) is 5.16. The Bertz CT molecular complexity index is 498. The van der Waals surface area contributed by atoms with Crippen molar-refractivity contribution in [1.29, 1.82) is 0 Å². The third-order valence-electron chi connectivity index (χ3n) is 3.85. The highest BCUT2D eigenvalue weighted by Gasteiger charge is 2.31. The monoisotopic (exact) mass is 273 g/mol. The molecule has 4 heteroatoms. The van der Waals surface area contributed by atoms with Gasteiger partial charge in [-0.1, -0.05) is 24.3 Å². The Hall–Kier alpha value is -2.10. The van der Waals surface area contributed by atoms with E-state index in [-0.39, 0.29) is 24.2 Å². The molecule has 0 saturated carbocycles. The number of likely N-dealkylation sites (tertiary alicyclic amines) is 1. The predicted octanol–water partition coefficient (Wildman–Crippen LogP) is 2.43. The summed E-state index contributed by atoms with van der Waals surface area (Å²) in [5.74, 6) is -0.659. The standard InChI is InChI=1S/C16H19NO3/c1-2-12-11-17(9-8-14(12)10-15(18)19)16(20)13-6-4-3-5-7-13/h2-7,12,14H,1,8-11H2,(H,18,19)/t12-,14+/m0/s1. The molecule has 0 unspecified atom stereocenters. The van der Waals surface area contributed by atoms with E-state index < -0.39 is 5.97 Å². The van der Waals surface area contributed by atoms with Crippen molar-refractivity contribution >= 4 is 11.9 Å². The van der Waals surface area contributed by atoms with Gasteiger partial charge in [0.2, 0.25) is 0 Å². The second kappa shape index (κ2) is 6.37. The van der Waals surface area contributed by atoms with Gasteiger partial charge in [-0.25, -0.2) is 0 Å². The van der Waals surface area contributed by atoms with Crippen molar-refractivity contribution in [2.75, 3.05) is 13.1 Å². The van der Waals surface area contributed by atoms with Crippen LogP contribution in [0.1, 0.15) is 23.2 Å². The minimum Gasteiger partial charge on any atom is -0.481 e. The molecule has 20 heavy (non-hydrogen) atoms. The fraction of sp³-hybridized carbons (Fsp3) is 0.375. The third kappa shape index (κ3) is 3.26. The quantitative estimate of drug-likeness (QED) is 0.857. The molecule has 1 N–H and O–H groups in total. The van der Waals surface area contributed by atoms with Crippen LogP contribution in [0, 0.1) is 11.8 Å². The van der Waals surface area contributed by atoms with Crippen molar-refractivity contribution in [3.05, 3.63) is 48.6 Å². The molecule has 1 aliphatic rings. The molecule has 0 radical (unpaired) electrons. The first kappa shape index (κ1) is 14.3. The number of piperidine rings is 1. The van der Waals surface area contributed by atoms with E-state index in [0.717, 1.165) is 0 Å². The van der Waals surface area contributed by atoms with Gasteiger partial charge in [0.1, 0.15) is 0 Å². The van der Waals surface area contributed by atoms with Crippen LogP contribution < -0.4 is 0 Å². The Morgan fingerprint density at radius 1 is 1.35 bits per heavy atom. The number of aliphatic carboxylic acids is 1. The second-order valence-electron chi connectivity index (χ2n) is 5.16. The molecule has 1 amide bonds. The van der Waals surface area contributed by atoms with Crippen LogP contribution in [0.5, 0.6) is 0 Å². The molecule has 1 aromatic rings. The minimum atomic E-state index is -0.787. The topological polar surface area (TPSA) is 57.6 Å². The van der Waals surface area contributed by atoms with E-state index in [1.807, 2.05) is 18.2 Å². The third-order valence-corrected chi connectivity index (χ3v) is 3.85. The molecule has 1 heterocycles. The maximum atomic E-state index is 12.4. The Balaban J connectivity index is 2.05. The van der Waals surface area contributed by atoms with Gasteiger partial charge < -0.3 is 10.0 Å². The normalized spacial score (nSPS) is 22.3. The van der Waals surface area contributed by atoms with E-state index in [2.05, 4.69) is 6.58 Å². The summed E-state index contributed by atoms with van der Waals surface area (Å²) in [5.41, 5.74) is 0.673. The van der Waals surface area contributed by atoms with Gasteiger partial charge >= 0.3 is 5.97 Å². The van der Waals surface area contributed by atoms with E-state index in [1.54, 1.807) is 23.1 Å². The summed E-state index contributed by atoms with van der Waals surface area (Å²) >= 11 is 0. The van der Waals surface area contributed by atoms with E-state index >= 15 is 0 Å². The number of hydrogen-bond acceptors (Lipinski definition) is 2. The molecule has 1 saturated heterocycles. The lowest BCUT2D eigenvalue weighted by atomic mass is 9.83. The van der Waals surface area contributed by atoms with Crippen LogP contribution in [0.2, 0.25) is 0 Å². The van der Waals surface area contributed by atoms with E-state index in [4.69, 9.17) is 5.11 Å². The van der Waals surface area contributed by atoms with Crippen molar-refractivity contribution in [1.82, 2.24) is 4.90 Å². The molecule has 106 valence electrons. The van der Waals surface area contributed by atoms with Crippen LogP contribution in [0.25, 0.3) is 0 Å². The van der Waals surface area contributed by atoms with Crippen molar-refractivity contribution in [3.8, 4) is 0 Å². The molecular formula is C16H19NO3. The maximum absolute atomic E-state index is 12.4. The summed E-state index contributed by atoms with van der Waals surface area (Å²) in [5, 5.41) is 8.92. The van der Waals surface area contributed by atoms with Gasteiger partial charge in [-0.05, 0) is 30.4 Å². The summed E-state index contributed by atoms with van der Waals surface area (Å²) in [6, 6.07) is 9.16. The van der Waals surface area contributed by atoms with Crippen LogP contribution in [0.15, 0.2) is 43.0 Å². The summed E-state index contributed by atoms with van der Waals surface area (Å²) in [7, 11) is 0. The molecule has 1 aliphatic heterocycles. The zero-order chi connectivity index (χ0) is 14.5. The maximum Gasteiger partial charge on any atom is 0.303 e. The average molecular weight is 273 g/mol. The Morgan fingerprint density at radius 2 is 2.05 bits per heavy atom. The van der Waals surface area contributed by atoms with E-state index in [9.17, 15) is 9.59 Å². The average Bonchev–Trinajstić information content (AvgIpc) is 2.47. The van der Waals surface area contributed by atoms with Gasteiger partial charge in [0.25, 0.3) is 5.91 Å².